The Labute approximate surface area is 127 Å². The second kappa shape index (κ2) is 5.45. The van der Waals surface area contributed by atoms with E-state index in [1.165, 1.54) is 30.3 Å². The van der Waals surface area contributed by atoms with Gasteiger partial charge in [0.1, 0.15) is 5.76 Å². The lowest BCUT2D eigenvalue weighted by molar-refractivity contribution is 0.0951. The fourth-order valence-corrected chi connectivity index (χ4v) is 2.88. The molecule has 0 bridgehead atoms. The first-order valence-electron chi connectivity index (χ1n) is 6.81. The van der Waals surface area contributed by atoms with Gasteiger partial charge < -0.3 is 9.84 Å². The Bertz CT molecular complexity index is 792. The molecule has 7 nitrogen and oxygen atoms in total. The van der Waals surface area contributed by atoms with Gasteiger partial charge in [0.2, 0.25) is 0 Å². The Morgan fingerprint density at radius 3 is 2.50 bits per heavy atom. The van der Waals surface area contributed by atoms with Gasteiger partial charge in [0, 0.05) is 17.7 Å². The van der Waals surface area contributed by atoms with E-state index in [4.69, 9.17) is 4.52 Å². The standard InChI is InChI=1S/C14H15N3O4S/c1-9-8-13(16-21-9)17-22(19,20)12-6-2-10(3-7-12)14(18)15-11-4-5-11/h2-3,6-8,11H,4-5H2,1H3,(H,15,18)(H,16,17). The molecule has 0 unspecified atom stereocenters. The van der Waals surface area contributed by atoms with Gasteiger partial charge in [-0.1, -0.05) is 5.16 Å². The normalized spacial score (nSPS) is 14.6. The number of sulfonamides is 1. The molecule has 1 fully saturated rings. The molecular weight excluding hydrogens is 306 g/mol. The first-order chi connectivity index (χ1) is 10.4. The number of hydrogen-bond donors (Lipinski definition) is 2. The number of carbonyl (C=O) groups excluding carboxylic acids is 1. The lowest BCUT2D eigenvalue weighted by Gasteiger charge is -2.06. The summed E-state index contributed by atoms with van der Waals surface area (Å²) < 4.78 is 31.5. The number of nitrogens with zero attached hydrogens (tertiary/aromatic N) is 1. The number of rotatable bonds is 5. The van der Waals surface area contributed by atoms with Gasteiger partial charge in [0.15, 0.2) is 5.82 Å². The summed E-state index contributed by atoms with van der Waals surface area (Å²) in [6, 6.07) is 7.48. The molecule has 1 saturated carbocycles. The highest BCUT2D eigenvalue weighted by molar-refractivity contribution is 7.92. The van der Waals surface area contributed by atoms with Gasteiger partial charge in [-0.2, -0.15) is 0 Å². The van der Waals surface area contributed by atoms with Crippen LogP contribution in [0.2, 0.25) is 0 Å². The van der Waals surface area contributed by atoms with Crippen LogP contribution < -0.4 is 10.0 Å². The van der Waals surface area contributed by atoms with Crippen LogP contribution >= 0.6 is 0 Å². The van der Waals surface area contributed by atoms with E-state index in [1.54, 1.807) is 6.92 Å². The fourth-order valence-electron chi connectivity index (χ4n) is 1.89. The minimum atomic E-state index is -3.76. The number of nitrogens with one attached hydrogen (secondary N) is 2. The summed E-state index contributed by atoms with van der Waals surface area (Å²) in [6.07, 6.45) is 2.00. The zero-order valence-electron chi connectivity index (χ0n) is 11.9. The van der Waals surface area contributed by atoms with Gasteiger partial charge in [-0.15, -0.1) is 0 Å². The van der Waals surface area contributed by atoms with E-state index in [0.29, 0.717) is 11.3 Å². The third-order valence-corrected chi connectivity index (χ3v) is 4.58. The third-order valence-electron chi connectivity index (χ3n) is 3.21. The van der Waals surface area contributed by atoms with Crippen LogP contribution in [-0.4, -0.2) is 25.5 Å². The van der Waals surface area contributed by atoms with Crippen LogP contribution in [0.4, 0.5) is 5.82 Å². The molecule has 116 valence electrons. The monoisotopic (exact) mass is 321 g/mol. The molecular formula is C14H15N3O4S. The summed E-state index contributed by atoms with van der Waals surface area (Å²) in [4.78, 5) is 11.9. The maximum atomic E-state index is 12.2. The summed E-state index contributed by atoms with van der Waals surface area (Å²) >= 11 is 0. The zero-order valence-corrected chi connectivity index (χ0v) is 12.7. The molecule has 1 amide bonds. The molecule has 0 atom stereocenters. The van der Waals surface area contributed by atoms with Crippen molar-refractivity contribution < 1.29 is 17.7 Å². The maximum absolute atomic E-state index is 12.2. The molecule has 0 radical (unpaired) electrons. The number of anilines is 1. The van der Waals surface area contributed by atoms with Gasteiger partial charge >= 0.3 is 0 Å². The molecule has 8 heteroatoms. The van der Waals surface area contributed by atoms with E-state index < -0.39 is 10.0 Å². The molecule has 1 aromatic carbocycles. The average molecular weight is 321 g/mol. The first-order valence-corrected chi connectivity index (χ1v) is 8.29. The molecule has 1 aromatic heterocycles. The SMILES string of the molecule is Cc1cc(NS(=O)(=O)c2ccc(C(=O)NC3CC3)cc2)no1. The predicted octanol–water partition coefficient (Wildman–Crippen LogP) is 1.68. The number of carbonyl (C=O) groups is 1. The van der Waals surface area contributed by atoms with Crippen LogP contribution in [0, 0.1) is 6.92 Å². The second-order valence-corrected chi connectivity index (χ2v) is 6.88. The van der Waals surface area contributed by atoms with Crippen molar-refractivity contribution in [1.29, 1.82) is 0 Å². The van der Waals surface area contributed by atoms with Crippen LogP contribution in [0.1, 0.15) is 29.0 Å². The van der Waals surface area contributed by atoms with E-state index in [1.807, 2.05) is 0 Å². The molecule has 2 N–H and O–H groups in total. The molecule has 0 saturated heterocycles. The number of amides is 1. The highest BCUT2D eigenvalue weighted by Crippen LogP contribution is 2.20. The van der Waals surface area contributed by atoms with Crippen LogP contribution in [0.3, 0.4) is 0 Å². The van der Waals surface area contributed by atoms with Gasteiger partial charge in [0.25, 0.3) is 15.9 Å². The minimum Gasteiger partial charge on any atom is -0.360 e. The van der Waals surface area contributed by atoms with Crippen LogP contribution in [0.5, 0.6) is 0 Å². The molecule has 2 aromatic rings. The van der Waals surface area contributed by atoms with E-state index in [2.05, 4.69) is 15.2 Å². The molecule has 3 rings (SSSR count). The Hall–Kier alpha value is -2.35. The van der Waals surface area contributed by atoms with Gasteiger partial charge in [-0.25, -0.2) is 8.42 Å². The van der Waals surface area contributed by atoms with Crippen molar-refractivity contribution in [3.8, 4) is 0 Å². The van der Waals surface area contributed by atoms with Gasteiger partial charge in [-0.05, 0) is 44.0 Å². The van der Waals surface area contributed by atoms with Crippen molar-refractivity contribution in [1.82, 2.24) is 10.5 Å². The zero-order chi connectivity index (χ0) is 15.7. The lowest BCUT2D eigenvalue weighted by Crippen LogP contribution is -2.25. The summed E-state index contributed by atoms with van der Waals surface area (Å²) in [5, 5.41) is 6.43. The number of benzene rings is 1. The Balaban J connectivity index is 1.74. The summed E-state index contributed by atoms with van der Waals surface area (Å²) in [5.41, 5.74) is 0.433. The number of hydrogen-bond acceptors (Lipinski definition) is 5. The number of aromatic nitrogens is 1. The van der Waals surface area contributed by atoms with Crippen molar-refractivity contribution in [3.05, 3.63) is 41.7 Å². The summed E-state index contributed by atoms with van der Waals surface area (Å²) in [5.74, 6) is 0.435. The average Bonchev–Trinajstić information content (AvgIpc) is 3.20. The highest BCUT2D eigenvalue weighted by Gasteiger charge is 2.24. The second-order valence-electron chi connectivity index (χ2n) is 5.20. The molecule has 1 aliphatic rings. The van der Waals surface area contributed by atoms with Gasteiger partial charge in [-0.3, -0.25) is 9.52 Å². The minimum absolute atomic E-state index is 0.0520. The third kappa shape index (κ3) is 3.28. The van der Waals surface area contributed by atoms with E-state index in [9.17, 15) is 13.2 Å². The number of aryl methyl sites for hydroxylation is 1. The first kappa shape index (κ1) is 14.6. The van der Waals surface area contributed by atoms with Crippen molar-refractivity contribution in [2.75, 3.05) is 4.72 Å². The Kier molecular flexibility index (Phi) is 3.61. The molecule has 1 heterocycles. The van der Waals surface area contributed by atoms with Crippen molar-refractivity contribution in [2.45, 2.75) is 30.7 Å². The highest BCUT2D eigenvalue weighted by atomic mass is 32.2. The topological polar surface area (TPSA) is 101 Å². The van der Waals surface area contributed by atoms with Crippen molar-refractivity contribution >= 4 is 21.7 Å². The van der Waals surface area contributed by atoms with Crippen molar-refractivity contribution in [2.24, 2.45) is 0 Å². The summed E-state index contributed by atoms with van der Waals surface area (Å²) in [6.45, 7) is 1.66. The molecule has 0 aliphatic heterocycles. The van der Waals surface area contributed by atoms with Crippen LogP contribution in [-0.2, 0) is 10.0 Å². The summed E-state index contributed by atoms with van der Waals surface area (Å²) in [7, 11) is -3.76. The van der Waals surface area contributed by atoms with Crippen LogP contribution in [0.15, 0.2) is 39.8 Å². The Morgan fingerprint density at radius 1 is 1.27 bits per heavy atom. The smallest absolute Gasteiger partial charge is 0.263 e. The quantitative estimate of drug-likeness (QED) is 0.872. The van der Waals surface area contributed by atoms with E-state index in [-0.39, 0.29) is 22.7 Å². The largest absolute Gasteiger partial charge is 0.360 e. The fraction of sp³-hybridized carbons (Fsp3) is 0.286. The predicted molar refractivity (Wildman–Crippen MR) is 79.0 cm³/mol. The maximum Gasteiger partial charge on any atom is 0.263 e. The van der Waals surface area contributed by atoms with E-state index >= 15 is 0 Å². The van der Waals surface area contributed by atoms with E-state index in [0.717, 1.165) is 12.8 Å². The lowest BCUT2D eigenvalue weighted by atomic mass is 10.2. The molecule has 1 aliphatic carbocycles. The molecule has 0 spiro atoms. The van der Waals surface area contributed by atoms with Gasteiger partial charge in [0.05, 0.1) is 4.90 Å². The molecule has 22 heavy (non-hydrogen) atoms. The van der Waals surface area contributed by atoms with Crippen molar-refractivity contribution in [3.63, 3.8) is 0 Å². The van der Waals surface area contributed by atoms with Crippen LogP contribution in [0.25, 0.3) is 0 Å². The Morgan fingerprint density at radius 2 is 1.95 bits per heavy atom.